The second-order valence-corrected chi connectivity index (χ2v) is 4.28. The van der Waals surface area contributed by atoms with Crippen molar-refractivity contribution in [2.24, 2.45) is 7.05 Å². The first-order valence-corrected chi connectivity index (χ1v) is 6.08. The molecule has 0 bridgehead atoms. The summed E-state index contributed by atoms with van der Waals surface area (Å²) in [5.41, 5.74) is -1.45. The van der Waals surface area contributed by atoms with Gasteiger partial charge < -0.3 is 19.9 Å². The summed E-state index contributed by atoms with van der Waals surface area (Å²) in [6, 6.07) is 0. The summed E-state index contributed by atoms with van der Waals surface area (Å²) in [6.45, 7) is 1.59. The zero-order chi connectivity index (χ0) is 15.7. The zero-order valence-corrected chi connectivity index (χ0v) is 11.3. The van der Waals surface area contributed by atoms with Gasteiger partial charge in [-0.3, -0.25) is 14.3 Å². The quantitative estimate of drug-likeness (QED) is 0.472. The van der Waals surface area contributed by atoms with E-state index in [2.05, 4.69) is 19.7 Å². The third-order valence-electron chi connectivity index (χ3n) is 2.88. The Balaban J connectivity index is 2.46. The molecule has 2 unspecified atom stereocenters. The molecule has 0 saturated carbocycles. The summed E-state index contributed by atoms with van der Waals surface area (Å²) < 4.78 is 5.63. The van der Waals surface area contributed by atoms with E-state index in [1.54, 1.807) is 6.92 Å². The Morgan fingerprint density at radius 2 is 2.05 bits per heavy atom. The average Bonchev–Trinajstić information content (AvgIpc) is 2.89. The Morgan fingerprint density at radius 1 is 1.38 bits per heavy atom. The van der Waals surface area contributed by atoms with E-state index in [1.807, 2.05) is 0 Å². The van der Waals surface area contributed by atoms with E-state index in [1.165, 1.54) is 7.05 Å². The molecule has 0 spiro atoms. The highest BCUT2D eigenvalue weighted by Gasteiger charge is 2.30. The smallest absolute Gasteiger partial charge is 0.338 e. The molecule has 0 amide bonds. The van der Waals surface area contributed by atoms with Crippen LogP contribution in [-0.2, 0) is 16.6 Å². The molecule has 0 fully saturated rings. The fourth-order valence-corrected chi connectivity index (χ4v) is 1.77. The van der Waals surface area contributed by atoms with Crippen molar-refractivity contribution in [1.29, 1.82) is 0 Å². The van der Waals surface area contributed by atoms with Gasteiger partial charge in [-0.15, -0.1) is 0 Å². The molecule has 21 heavy (non-hydrogen) atoms. The van der Waals surface area contributed by atoms with Crippen molar-refractivity contribution in [3.8, 4) is 0 Å². The van der Waals surface area contributed by atoms with Gasteiger partial charge in [0.1, 0.15) is 17.4 Å². The fraction of sp³-hybridized carbons (Fsp3) is 0.455. The molecule has 114 valence electrons. The van der Waals surface area contributed by atoms with Gasteiger partial charge in [-0.25, -0.2) is 14.6 Å². The number of ether oxygens (including phenoxy) is 1. The van der Waals surface area contributed by atoms with Crippen LogP contribution in [0.1, 0.15) is 18.9 Å². The Labute approximate surface area is 117 Å². The maximum absolute atomic E-state index is 11.6. The molecule has 2 heterocycles. The van der Waals surface area contributed by atoms with Crippen molar-refractivity contribution in [3.63, 3.8) is 0 Å². The van der Waals surface area contributed by atoms with Crippen LogP contribution in [0.25, 0.3) is 11.2 Å². The van der Waals surface area contributed by atoms with Gasteiger partial charge in [0.05, 0.1) is 6.61 Å². The molecule has 2 atom stereocenters. The number of imidazole rings is 1. The number of H-pyrrole nitrogens is 2. The van der Waals surface area contributed by atoms with Crippen LogP contribution < -0.4 is 11.2 Å². The average molecular weight is 298 g/mol. The lowest BCUT2D eigenvalue weighted by Crippen LogP contribution is -2.30. The van der Waals surface area contributed by atoms with E-state index >= 15 is 0 Å². The molecule has 0 aromatic carbocycles. The number of carbonyl (C=O) groups excluding carboxylic acids is 1. The lowest BCUT2D eigenvalue weighted by molar-refractivity contribution is -0.159. The van der Waals surface area contributed by atoms with Crippen LogP contribution in [0.4, 0.5) is 0 Å². The summed E-state index contributed by atoms with van der Waals surface area (Å²) in [4.78, 5) is 42.8. The molecule has 2 rings (SSSR count). The standard InChI is InChI=1S/C11H14N4O6/c1-3-21-10(19)6(17)5(16)7-12-4-8(13-7)15(2)11(20)14-9(4)18/h5-6,16-17H,3H2,1-2H3,(H,12,13)(H,14,18,20). The zero-order valence-electron chi connectivity index (χ0n) is 11.3. The molecule has 4 N–H and O–H groups in total. The number of nitrogens with one attached hydrogen (secondary N) is 2. The number of esters is 1. The number of nitrogens with zero attached hydrogens (tertiary/aromatic N) is 2. The molecule has 0 aliphatic heterocycles. The number of rotatable bonds is 4. The Bertz CT molecular complexity index is 788. The lowest BCUT2D eigenvalue weighted by Gasteiger charge is -2.13. The minimum absolute atomic E-state index is 0.00569. The second-order valence-electron chi connectivity index (χ2n) is 4.28. The van der Waals surface area contributed by atoms with Gasteiger partial charge in [-0.1, -0.05) is 0 Å². The first-order valence-electron chi connectivity index (χ1n) is 6.08. The van der Waals surface area contributed by atoms with Crippen molar-refractivity contribution < 1.29 is 19.7 Å². The molecule has 10 nitrogen and oxygen atoms in total. The first-order chi connectivity index (χ1) is 9.86. The monoisotopic (exact) mass is 298 g/mol. The van der Waals surface area contributed by atoms with E-state index in [9.17, 15) is 24.6 Å². The van der Waals surface area contributed by atoms with Crippen molar-refractivity contribution in [3.05, 3.63) is 26.7 Å². The minimum Gasteiger partial charge on any atom is -0.464 e. The van der Waals surface area contributed by atoms with Crippen molar-refractivity contribution >= 4 is 17.1 Å². The topological polar surface area (TPSA) is 150 Å². The Morgan fingerprint density at radius 3 is 2.67 bits per heavy atom. The number of hydrogen-bond acceptors (Lipinski definition) is 7. The van der Waals surface area contributed by atoms with Crippen molar-refractivity contribution in [2.45, 2.75) is 19.1 Å². The number of hydrogen-bond donors (Lipinski definition) is 4. The molecule has 2 aromatic rings. The van der Waals surface area contributed by atoms with Crippen LogP contribution in [0, 0.1) is 0 Å². The van der Waals surface area contributed by atoms with Gasteiger partial charge in [-0.2, -0.15) is 0 Å². The molecule has 10 heteroatoms. The highest BCUT2D eigenvalue weighted by atomic mass is 16.5. The van der Waals surface area contributed by atoms with Crippen molar-refractivity contribution in [1.82, 2.24) is 19.5 Å². The number of aliphatic hydroxyl groups is 2. The molecule has 0 aliphatic rings. The van der Waals surface area contributed by atoms with Gasteiger partial charge >= 0.3 is 11.7 Å². The maximum Gasteiger partial charge on any atom is 0.338 e. The largest absolute Gasteiger partial charge is 0.464 e. The molecule has 0 aliphatic carbocycles. The van der Waals surface area contributed by atoms with E-state index in [0.717, 1.165) is 4.57 Å². The molecule has 0 radical (unpaired) electrons. The van der Waals surface area contributed by atoms with Gasteiger partial charge in [0, 0.05) is 7.05 Å². The summed E-state index contributed by atoms with van der Waals surface area (Å²) in [6.07, 6.45) is -3.58. The number of aromatic amines is 2. The predicted octanol–water partition coefficient (Wildman–Crippen LogP) is -2.09. The van der Waals surface area contributed by atoms with Gasteiger partial charge in [0.2, 0.25) is 0 Å². The third kappa shape index (κ3) is 2.58. The van der Waals surface area contributed by atoms with Gasteiger partial charge in [0.25, 0.3) is 5.56 Å². The number of carbonyl (C=O) groups is 1. The van der Waals surface area contributed by atoms with E-state index in [-0.39, 0.29) is 23.6 Å². The SMILES string of the molecule is CCOC(=O)C(O)C(O)c1nc2c([nH]1)c(=O)[nH]c(=O)n2C. The summed E-state index contributed by atoms with van der Waals surface area (Å²) in [7, 11) is 1.37. The predicted molar refractivity (Wildman–Crippen MR) is 69.6 cm³/mol. The van der Waals surface area contributed by atoms with Gasteiger partial charge in [-0.05, 0) is 6.92 Å². The number of fused-ring (bicyclic) bond motifs is 1. The Hall–Kier alpha value is -2.46. The van der Waals surface area contributed by atoms with E-state index in [0.29, 0.717) is 0 Å². The maximum atomic E-state index is 11.6. The lowest BCUT2D eigenvalue weighted by atomic mass is 10.2. The summed E-state index contributed by atoms with van der Waals surface area (Å²) in [5.74, 6) is -1.24. The fourth-order valence-electron chi connectivity index (χ4n) is 1.77. The van der Waals surface area contributed by atoms with Crippen LogP contribution in [0.5, 0.6) is 0 Å². The molecular formula is C11H14N4O6. The summed E-state index contributed by atoms with van der Waals surface area (Å²) in [5, 5.41) is 19.5. The summed E-state index contributed by atoms with van der Waals surface area (Å²) >= 11 is 0. The first kappa shape index (κ1) is 14.9. The second kappa shape index (κ2) is 5.50. The molecule has 2 aromatic heterocycles. The molecular weight excluding hydrogens is 284 g/mol. The third-order valence-corrected chi connectivity index (χ3v) is 2.88. The number of aromatic nitrogens is 4. The van der Waals surface area contributed by atoms with Crippen LogP contribution >= 0.6 is 0 Å². The van der Waals surface area contributed by atoms with Crippen molar-refractivity contribution in [2.75, 3.05) is 6.61 Å². The number of aryl methyl sites for hydroxylation is 1. The minimum atomic E-state index is -1.86. The molecule has 0 saturated heterocycles. The van der Waals surface area contributed by atoms with E-state index in [4.69, 9.17) is 0 Å². The van der Waals surface area contributed by atoms with Gasteiger partial charge in [0.15, 0.2) is 11.8 Å². The highest BCUT2D eigenvalue weighted by molar-refractivity contribution is 5.75. The highest BCUT2D eigenvalue weighted by Crippen LogP contribution is 2.16. The van der Waals surface area contributed by atoms with Crippen LogP contribution in [-0.4, -0.2) is 48.4 Å². The van der Waals surface area contributed by atoms with Crippen LogP contribution in [0.3, 0.4) is 0 Å². The number of aliphatic hydroxyl groups excluding tert-OH is 2. The normalized spacial score (nSPS) is 14.1. The van der Waals surface area contributed by atoms with E-state index < -0.39 is 29.4 Å². The Kier molecular flexibility index (Phi) is 3.91. The van der Waals surface area contributed by atoms with Crippen LogP contribution in [0.15, 0.2) is 9.59 Å². The van der Waals surface area contributed by atoms with Crippen LogP contribution in [0.2, 0.25) is 0 Å².